The third kappa shape index (κ3) is 2.18. The Balaban J connectivity index is 1.77. The van der Waals surface area contributed by atoms with Gasteiger partial charge in [-0.3, -0.25) is 15.0 Å². The van der Waals surface area contributed by atoms with Crippen molar-refractivity contribution in [2.24, 2.45) is 5.16 Å². The van der Waals surface area contributed by atoms with Crippen molar-refractivity contribution in [1.29, 1.82) is 0 Å². The number of hydrogen-bond acceptors (Lipinski definition) is 5. The number of benzene rings is 1. The third-order valence-corrected chi connectivity index (χ3v) is 3.67. The molecular weight excluding hydrogens is 258 g/mol. The average molecular weight is 273 g/mol. The van der Waals surface area contributed by atoms with E-state index in [4.69, 9.17) is 4.84 Å². The molecule has 0 aromatic heterocycles. The van der Waals surface area contributed by atoms with Gasteiger partial charge in [0.1, 0.15) is 5.71 Å². The third-order valence-electron chi connectivity index (χ3n) is 3.67. The normalized spacial score (nSPS) is 22.7. The van der Waals surface area contributed by atoms with Crippen molar-refractivity contribution in [1.82, 2.24) is 4.90 Å². The standard InChI is InChI=1S/C14H15N3O3/c1-10-13(11-4-6-12(7-5-11)17(18)19)15-20-14(10)16-8-2-3-9-16/h4-7,14H,1-3,8-9H2. The van der Waals surface area contributed by atoms with Crippen LogP contribution in [0, 0.1) is 10.1 Å². The lowest BCUT2D eigenvalue weighted by Gasteiger charge is -2.21. The van der Waals surface area contributed by atoms with Gasteiger partial charge in [0, 0.05) is 36.4 Å². The lowest BCUT2D eigenvalue weighted by molar-refractivity contribution is -0.384. The molecule has 0 aliphatic carbocycles. The van der Waals surface area contributed by atoms with Crippen LogP contribution in [0.1, 0.15) is 18.4 Å². The second-order valence-corrected chi connectivity index (χ2v) is 4.97. The maximum atomic E-state index is 10.7. The van der Waals surface area contributed by atoms with Crippen LogP contribution < -0.4 is 0 Å². The molecule has 0 saturated carbocycles. The van der Waals surface area contributed by atoms with Gasteiger partial charge in [0.2, 0.25) is 6.23 Å². The van der Waals surface area contributed by atoms with Crippen molar-refractivity contribution in [3.63, 3.8) is 0 Å². The van der Waals surface area contributed by atoms with E-state index < -0.39 is 4.92 Å². The van der Waals surface area contributed by atoms with E-state index in [0.29, 0.717) is 5.71 Å². The number of nitro groups is 1. The van der Waals surface area contributed by atoms with E-state index in [-0.39, 0.29) is 11.9 Å². The van der Waals surface area contributed by atoms with Crippen LogP contribution in [0.15, 0.2) is 41.6 Å². The van der Waals surface area contributed by atoms with Crippen LogP contribution in [0.25, 0.3) is 0 Å². The van der Waals surface area contributed by atoms with Crippen LogP contribution in [-0.2, 0) is 4.84 Å². The van der Waals surface area contributed by atoms with Crippen LogP contribution in [0.2, 0.25) is 0 Å². The molecule has 6 heteroatoms. The molecule has 1 aromatic rings. The van der Waals surface area contributed by atoms with Crippen molar-refractivity contribution in [3.05, 3.63) is 52.1 Å². The number of likely N-dealkylation sites (tertiary alicyclic amines) is 1. The highest BCUT2D eigenvalue weighted by Gasteiger charge is 2.33. The fourth-order valence-electron chi connectivity index (χ4n) is 2.58. The minimum absolute atomic E-state index is 0.0648. The maximum absolute atomic E-state index is 10.7. The summed E-state index contributed by atoms with van der Waals surface area (Å²) < 4.78 is 0. The van der Waals surface area contributed by atoms with Gasteiger partial charge in [0.15, 0.2) is 0 Å². The Morgan fingerprint density at radius 1 is 1.30 bits per heavy atom. The molecule has 0 N–H and O–H groups in total. The topological polar surface area (TPSA) is 68.0 Å². The number of rotatable bonds is 3. The van der Waals surface area contributed by atoms with Crippen molar-refractivity contribution in [2.75, 3.05) is 13.1 Å². The molecule has 1 unspecified atom stereocenters. The number of nitro benzene ring substituents is 1. The quantitative estimate of drug-likeness (QED) is 0.626. The molecule has 20 heavy (non-hydrogen) atoms. The van der Waals surface area contributed by atoms with Gasteiger partial charge in [0.25, 0.3) is 5.69 Å². The van der Waals surface area contributed by atoms with Crippen LogP contribution in [0.4, 0.5) is 5.69 Å². The van der Waals surface area contributed by atoms with Crippen molar-refractivity contribution in [3.8, 4) is 0 Å². The van der Waals surface area contributed by atoms with E-state index in [9.17, 15) is 10.1 Å². The number of oxime groups is 1. The van der Waals surface area contributed by atoms with Crippen LogP contribution in [0.5, 0.6) is 0 Å². The zero-order valence-corrected chi connectivity index (χ0v) is 11.0. The Bertz CT molecular complexity index is 574. The largest absolute Gasteiger partial charge is 0.371 e. The molecule has 1 atom stereocenters. The van der Waals surface area contributed by atoms with Crippen molar-refractivity contribution in [2.45, 2.75) is 19.1 Å². The Hall–Kier alpha value is -2.21. The van der Waals surface area contributed by atoms with Gasteiger partial charge in [0.05, 0.1) is 4.92 Å². The summed E-state index contributed by atoms with van der Waals surface area (Å²) in [6.07, 6.45) is 2.14. The highest BCUT2D eigenvalue weighted by Crippen LogP contribution is 2.27. The van der Waals surface area contributed by atoms with E-state index in [2.05, 4.69) is 16.6 Å². The summed E-state index contributed by atoms with van der Waals surface area (Å²) in [5, 5.41) is 14.7. The summed E-state index contributed by atoms with van der Waals surface area (Å²) >= 11 is 0. The molecule has 2 aliphatic rings. The molecule has 1 aromatic carbocycles. The SMILES string of the molecule is C=C1C(c2ccc([N+](=O)[O-])cc2)=NOC1N1CCCC1. The predicted octanol–water partition coefficient (Wildman–Crippen LogP) is 2.31. The van der Waals surface area contributed by atoms with Gasteiger partial charge < -0.3 is 4.84 Å². The zero-order valence-electron chi connectivity index (χ0n) is 11.0. The van der Waals surface area contributed by atoms with E-state index in [1.165, 1.54) is 25.0 Å². The highest BCUT2D eigenvalue weighted by molar-refractivity contribution is 6.13. The van der Waals surface area contributed by atoms with Crippen LogP contribution in [0.3, 0.4) is 0 Å². The molecule has 2 aliphatic heterocycles. The first-order chi connectivity index (χ1) is 9.66. The molecule has 0 amide bonds. The molecule has 104 valence electrons. The molecular formula is C14H15N3O3. The average Bonchev–Trinajstić information content (AvgIpc) is 3.08. The molecule has 0 spiro atoms. The fraction of sp³-hybridized carbons (Fsp3) is 0.357. The van der Waals surface area contributed by atoms with E-state index >= 15 is 0 Å². The van der Waals surface area contributed by atoms with E-state index in [1.54, 1.807) is 12.1 Å². The number of non-ortho nitro benzene ring substituents is 1. The van der Waals surface area contributed by atoms with Gasteiger partial charge in [-0.05, 0) is 25.0 Å². The Labute approximate surface area is 116 Å². The molecule has 2 heterocycles. The first-order valence-corrected chi connectivity index (χ1v) is 6.58. The van der Waals surface area contributed by atoms with Crippen molar-refractivity contribution < 1.29 is 9.76 Å². The van der Waals surface area contributed by atoms with E-state index in [1.807, 2.05) is 0 Å². The monoisotopic (exact) mass is 273 g/mol. The Morgan fingerprint density at radius 3 is 2.55 bits per heavy atom. The first kappa shape index (κ1) is 12.8. The summed E-state index contributed by atoms with van der Waals surface area (Å²) in [5.41, 5.74) is 2.36. The lowest BCUT2D eigenvalue weighted by atomic mass is 10.0. The van der Waals surface area contributed by atoms with Gasteiger partial charge >= 0.3 is 0 Å². The Morgan fingerprint density at radius 2 is 1.95 bits per heavy atom. The second-order valence-electron chi connectivity index (χ2n) is 4.97. The van der Waals surface area contributed by atoms with Gasteiger partial charge in [-0.25, -0.2) is 0 Å². The predicted molar refractivity (Wildman–Crippen MR) is 74.5 cm³/mol. The summed E-state index contributed by atoms with van der Waals surface area (Å²) in [6.45, 7) is 6.05. The minimum Gasteiger partial charge on any atom is -0.371 e. The van der Waals surface area contributed by atoms with Crippen LogP contribution >= 0.6 is 0 Å². The fourth-order valence-corrected chi connectivity index (χ4v) is 2.58. The van der Waals surface area contributed by atoms with Gasteiger partial charge in [-0.15, -0.1) is 0 Å². The van der Waals surface area contributed by atoms with Gasteiger partial charge in [-0.1, -0.05) is 11.7 Å². The minimum atomic E-state index is -0.418. The molecule has 0 bridgehead atoms. The second kappa shape index (κ2) is 5.05. The lowest BCUT2D eigenvalue weighted by Crippen LogP contribution is -2.34. The first-order valence-electron chi connectivity index (χ1n) is 6.58. The summed E-state index contributed by atoms with van der Waals surface area (Å²) in [5.74, 6) is 0. The highest BCUT2D eigenvalue weighted by atomic mass is 16.7. The number of hydrogen-bond donors (Lipinski definition) is 0. The summed E-state index contributed by atoms with van der Waals surface area (Å²) in [6, 6.07) is 6.29. The van der Waals surface area contributed by atoms with E-state index in [0.717, 1.165) is 24.2 Å². The molecule has 3 rings (SSSR count). The Kier molecular flexibility index (Phi) is 3.23. The maximum Gasteiger partial charge on any atom is 0.269 e. The molecule has 0 radical (unpaired) electrons. The summed E-state index contributed by atoms with van der Waals surface area (Å²) in [4.78, 5) is 17.9. The smallest absolute Gasteiger partial charge is 0.269 e. The van der Waals surface area contributed by atoms with Crippen molar-refractivity contribution >= 4 is 11.4 Å². The zero-order chi connectivity index (χ0) is 14.1. The van der Waals surface area contributed by atoms with Crippen LogP contribution in [-0.4, -0.2) is 34.9 Å². The number of nitrogens with zero attached hydrogens (tertiary/aromatic N) is 3. The molecule has 1 fully saturated rings. The molecule has 6 nitrogen and oxygen atoms in total. The molecule has 1 saturated heterocycles. The summed E-state index contributed by atoms with van der Waals surface area (Å²) in [7, 11) is 0. The van der Waals surface area contributed by atoms with Gasteiger partial charge in [-0.2, -0.15) is 0 Å².